The maximum atomic E-state index is 13.4. The van der Waals surface area contributed by atoms with Gasteiger partial charge in [-0.15, -0.1) is 10.2 Å². The van der Waals surface area contributed by atoms with Crippen LogP contribution in [-0.4, -0.2) is 33.6 Å². The number of phenolic OH excluding ortho intramolecular Hbond substituents is 1. The van der Waals surface area contributed by atoms with Gasteiger partial charge in [-0.3, -0.25) is 4.55 Å². The molecule has 0 unspecified atom stereocenters. The molecule has 13 heteroatoms. The molecule has 5 aromatic carbocycles. The van der Waals surface area contributed by atoms with Gasteiger partial charge in [-0.05, 0) is 65.0 Å². The summed E-state index contributed by atoms with van der Waals surface area (Å²) in [6.45, 7) is 4.11. The number of hydrogen-bond acceptors (Lipinski definition) is 10. The molecular formula is C32H29N3O8S2. The summed E-state index contributed by atoms with van der Waals surface area (Å²) in [4.78, 5) is -0.792. The van der Waals surface area contributed by atoms with Gasteiger partial charge in [-0.1, -0.05) is 56.3 Å². The topological polar surface area (TPSA) is 178 Å². The zero-order chi connectivity index (χ0) is 32.6. The molecule has 0 heterocycles. The molecule has 0 fully saturated rings. The Kier molecular flexibility index (Phi) is 8.27. The molecule has 45 heavy (non-hydrogen) atoms. The van der Waals surface area contributed by atoms with E-state index in [4.69, 9.17) is 14.7 Å². The molecule has 232 valence electrons. The average molecular weight is 648 g/mol. The second-order valence-corrected chi connectivity index (χ2v) is 13.5. The summed E-state index contributed by atoms with van der Waals surface area (Å²) in [5, 5.41) is 19.0. The van der Waals surface area contributed by atoms with Crippen molar-refractivity contribution in [2.75, 3.05) is 12.8 Å². The minimum absolute atomic E-state index is 0.0323. The van der Waals surface area contributed by atoms with E-state index in [0.29, 0.717) is 0 Å². The fourth-order valence-electron chi connectivity index (χ4n) is 4.80. The molecule has 0 saturated carbocycles. The molecule has 0 saturated heterocycles. The highest BCUT2D eigenvalue weighted by molar-refractivity contribution is 7.87. The van der Waals surface area contributed by atoms with Gasteiger partial charge in [0.15, 0.2) is 0 Å². The molecule has 0 aromatic heterocycles. The fourth-order valence-corrected chi connectivity index (χ4v) is 6.40. The molecule has 0 aliphatic rings. The van der Waals surface area contributed by atoms with Crippen LogP contribution in [-0.2, 0) is 25.7 Å². The van der Waals surface area contributed by atoms with Gasteiger partial charge in [0.1, 0.15) is 33.5 Å². The van der Waals surface area contributed by atoms with Gasteiger partial charge < -0.3 is 19.8 Å². The van der Waals surface area contributed by atoms with E-state index in [2.05, 4.69) is 24.1 Å². The van der Waals surface area contributed by atoms with Crippen molar-refractivity contribution in [3.63, 3.8) is 0 Å². The Balaban J connectivity index is 1.44. The number of phenols is 1. The van der Waals surface area contributed by atoms with E-state index in [1.54, 1.807) is 37.4 Å². The fraction of sp³-hybridized carbons (Fsp3) is 0.125. The summed E-state index contributed by atoms with van der Waals surface area (Å²) >= 11 is 0. The molecule has 0 radical (unpaired) electrons. The Morgan fingerprint density at radius 2 is 1.38 bits per heavy atom. The summed E-state index contributed by atoms with van der Waals surface area (Å²) in [5.41, 5.74) is 7.65. The van der Waals surface area contributed by atoms with E-state index in [1.807, 2.05) is 24.3 Å². The first-order chi connectivity index (χ1) is 21.2. The second kappa shape index (κ2) is 11.8. The number of fused-ring (bicyclic) bond motifs is 1. The maximum absolute atomic E-state index is 13.4. The summed E-state index contributed by atoms with van der Waals surface area (Å²) in [7, 11) is -7.38. The van der Waals surface area contributed by atoms with Gasteiger partial charge in [0.25, 0.3) is 10.1 Å². The first-order valence-corrected chi connectivity index (χ1v) is 16.3. The van der Waals surface area contributed by atoms with E-state index >= 15 is 0 Å². The van der Waals surface area contributed by atoms with Crippen molar-refractivity contribution in [2.45, 2.75) is 29.1 Å². The molecule has 5 aromatic rings. The number of benzene rings is 5. The van der Waals surface area contributed by atoms with Crippen LogP contribution in [0.5, 0.6) is 17.2 Å². The van der Waals surface area contributed by atoms with Gasteiger partial charge in [0.05, 0.1) is 23.1 Å². The number of methoxy groups -OCH3 is 1. The largest absolute Gasteiger partial charge is 0.507 e. The number of nitrogens with two attached hydrogens (primary N) is 1. The lowest BCUT2D eigenvalue weighted by Gasteiger charge is -2.26. The number of hydrogen-bond donors (Lipinski definition) is 3. The van der Waals surface area contributed by atoms with Crippen molar-refractivity contribution in [1.82, 2.24) is 0 Å². The number of ether oxygens (including phenoxy) is 1. The van der Waals surface area contributed by atoms with Crippen molar-refractivity contribution in [2.24, 2.45) is 10.2 Å². The van der Waals surface area contributed by atoms with Gasteiger partial charge >= 0.3 is 10.1 Å². The van der Waals surface area contributed by atoms with Crippen LogP contribution in [0.4, 0.5) is 17.1 Å². The summed E-state index contributed by atoms with van der Waals surface area (Å²) < 4.78 is 70.1. The van der Waals surface area contributed by atoms with E-state index in [0.717, 1.165) is 29.0 Å². The first kappa shape index (κ1) is 31.4. The molecule has 0 atom stereocenters. The van der Waals surface area contributed by atoms with E-state index in [9.17, 15) is 26.5 Å². The average Bonchev–Trinajstić information content (AvgIpc) is 3.00. The minimum atomic E-state index is -4.60. The zero-order valence-electron chi connectivity index (χ0n) is 24.4. The lowest BCUT2D eigenvalue weighted by molar-refractivity contribution is 0.414. The third kappa shape index (κ3) is 6.45. The van der Waals surface area contributed by atoms with E-state index in [1.165, 1.54) is 30.3 Å². The third-order valence-corrected chi connectivity index (χ3v) is 9.49. The lowest BCUT2D eigenvalue weighted by Crippen LogP contribution is -2.18. The Morgan fingerprint density at radius 1 is 0.778 bits per heavy atom. The highest BCUT2D eigenvalue weighted by Gasteiger charge is 2.25. The SMILES string of the molecule is COc1ccc(C(C)(C)c2ccc(OS(=O)(=O)c3ccccc3/N=N/c3c(N)ccc4cc(S(=O)(=O)O)cc(O)c34)cc2)cc1. The molecule has 4 N–H and O–H groups in total. The minimum Gasteiger partial charge on any atom is -0.507 e. The maximum Gasteiger partial charge on any atom is 0.341 e. The quantitative estimate of drug-likeness (QED) is 0.0665. The third-order valence-electron chi connectivity index (χ3n) is 7.36. The van der Waals surface area contributed by atoms with Crippen molar-refractivity contribution < 1.29 is 35.4 Å². The Hall–Kier alpha value is -4.98. The van der Waals surface area contributed by atoms with Gasteiger partial charge in [-0.25, -0.2) is 0 Å². The number of nitrogen functional groups attached to an aromatic ring is 1. The Bertz CT molecular complexity index is 2150. The molecule has 11 nitrogen and oxygen atoms in total. The van der Waals surface area contributed by atoms with Crippen LogP contribution in [0.15, 0.2) is 117 Å². The van der Waals surface area contributed by atoms with Gasteiger partial charge in [0, 0.05) is 11.5 Å². The van der Waals surface area contributed by atoms with E-state index < -0.39 is 30.9 Å². The van der Waals surface area contributed by atoms with Gasteiger partial charge in [0.2, 0.25) is 0 Å². The second-order valence-electron chi connectivity index (χ2n) is 10.6. The molecule has 5 rings (SSSR count). The highest BCUT2D eigenvalue weighted by atomic mass is 32.2. The smallest absolute Gasteiger partial charge is 0.341 e. The summed E-state index contributed by atoms with van der Waals surface area (Å²) in [5.74, 6) is 0.314. The Morgan fingerprint density at radius 3 is 1.98 bits per heavy atom. The Labute approximate surface area is 260 Å². The van der Waals surface area contributed by atoms with Crippen LogP contribution in [0.25, 0.3) is 10.8 Å². The van der Waals surface area contributed by atoms with Crippen molar-refractivity contribution in [3.05, 3.63) is 108 Å². The number of aromatic hydroxyl groups is 1. The van der Waals surface area contributed by atoms with Crippen LogP contribution in [0.1, 0.15) is 25.0 Å². The first-order valence-electron chi connectivity index (χ1n) is 13.4. The van der Waals surface area contributed by atoms with Crippen LogP contribution >= 0.6 is 0 Å². The molecule has 0 amide bonds. The van der Waals surface area contributed by atoms with Crippen molar-refractivity contribution >= 4 is 48.1 Å². The number of rotatable bonds is 9. The molecular weight excluding hydrogens is 618 g/mol. The van der Waals surface area contributed by atoms with Crippen LogP contribution < -0.4 is 14.7 Å². The van der Waals surface area contributed by atoms with Crippen LogP contribution in [0.2, 0.25) is 0 Å². The summed E-state index contributed by atoms with van der Waals surface area (Å²) in [6, 6.07) is 25.1. The monoisotopic (exact) mass is 647 g/mol. The number of nitrogens with zero attached hydrogens (tertiary/aromatic N) is 2. The highest BCUT2D eigenvalue weighted by Crippen LogP contribution is 2.41. The predicted molar refractivity (Wildman–Crippen MR) is 170 cm³/mol. The van der Waals surface area contributed by atoms with Crippen LogP contribution in [0.3, 0.4) is 0 Å². The van der Waals surface area contributed by atoms with Gasteiger partial charge in [-0.2, -0.15) is 16.8 Å². The molecule has 0 bridgehead atoms. The van der Waals surface area contributed by atoms with Crippen molar-refractivity contribution in [1.29, 1.82) is 0 Å². The van der Waals surface area contributed by atoms with Crippen LogP contribution in [0, 0.1) is 0 Å². The van der Waals surface area contributed by atoms with E-state index in [-0.39, 0.29) is 43.9 Å². The standard InChI is InChI=1S/C32H29N3O8S2/c1-32(2,21-9-13-23(42-3)14-10-21)22-11-15-24(16-12-22)43-45(40,41)29-7-5-4-6-27(29)34-35-31-26(33)17-8-20-18-25(44(37,38)39)19-28(36)30(20)31/h4-19,36H,33H2,1-3H3,(H,37,38,39)/b35-34+. The predicted octanol–water partition coefficient (Wildman–Crippen LogP) is 6.89. The molecule has 0 aliphatic carbocycles. The molecule has 0 spiro atoms. The zero-order valence-corrected chi connectivity index (χ0v) is 26.0. The summed E-state index contributed by atoms with van der Waals surface area (Å²) in [6.07, 6.45) is 0. The van der Waals surface area contributed by atoms with Crippen molar-refractivity contribution in [3.8, 4) is 17.2 Å². The number of azo groups is 1. The normalized spacial score (nSPS) is 12.4. The number of anilines is 1. The molecule has 0 aliphatic heterocycles. The lowest BCUT2D eigenvalue weighted by atomic mass is 9.78.